The maximum atomic E-state index is 13.8. The van der Waals surface area contributed by atoms with Gasteiger partial charge in [0.25, 0.3) is 0 Å². The average Bonchev–Trinajstić information content (AvgIpc) is 2.82. The van der Waals surface area contributed by atoms with Crippen LogP contribution in [-0.2, 0) is 14.4 Å². The molecule has 8 heteroatoms. The molecule has 5 atom stereocenters. The molecule has 2 heterocycles. The van der Waals surface area contributed by atoms with Crippen molar-refractivity contribution in [1.82, 2.24) is 20.9 Å². The van der Waals surface area contributed by atoms with Crippen LogP contribution in [0, 0.1) is 17.8 Å². The fraction of sp³-hybridized carbons (Fsp3) is 0.607. The lowest BCUT2D eigenvalue weighted by Crippen LogP contribution is -2.62. The van der Waals surface area contributed by atoms with E-state index in [-0.39, 0.29) is 23.7 Å². The van der Waals surface area contributed by atoms with E-state index in [0.29, 0.717) is 24.5 Å². The fourth-order valence-electron chi connectivity index (χ4n) is 4.20. The van der Waals surface area contributed by atoms with E-state index in [9.17, 15) is 14.4 Å². The van der Waals surface area contributed by atoms with Gasteiger partial charge in [-0.05, 0) is 62.0 Å². The zero-order valence-corrected chi connectivity index (χ0v) is 23.0. The first kappa shape index (κ1) is 29.4. The lowest BCUT2D eigenvalue weighted by atomic mass is 9.94. The van der Waals surface area contributed by atoms with Crippen LogP contribution >= 0.6 is 0 Å². The molecular formula is C28H44N4O4. The van der Waals surface area contributed by atoms with Crippen LogP contribution in [0.25, 0.3) is 6.08 Å². The summed E-state index contributed by atoms with van der Waals surface area (Å²) in [6.07, 6.45) is 4.06. The predicted octanol–water partition coefficient (Wildman–Crippen LogP) is 3.18. The molecule has 0 fully saturated rings. The molecule has 0 radical (unpaired) electrons. The van der Waals surface area contributed by atoms with Crippen molar-refractivity contribution in [2.75, 3.05) is 14.1 Å². The number of ether oxygens (including phenoxy) is 1. The largest absolute Gasteiger partial charge is 0.487 e. The maximum Gasteiger partial charge on any atom is 0.247 e. The first-order chi connectivity index (χ1) is 16.9. The molecule has 8 nitrogen and oxygen atoms in total. The van der Waals surface area contributed by atoms with Crippen molar-refractivity contribution in [2.45, 2.75) is 78.6 Å². The van der Waals surface area contributed by atoms with E-state index in [4.69, 9.17) is 4.74 Å². The molecule has 0 saturated heterocycles. The Balaban J connectivity index is 2.52. The van der Waals surface area contributed by atoms with Gasteiger partial charge < -0.3 is 20.7 Å². The summed E-state index contributed by atoms with van der Waals surface area (Å²) in [5.41, 5.74) is 0.900. The lowest BCUT2D eigenvalue weighted by molar-refractivity contribution is -0.136. The number of fused-ring (bicyclic) bond motifs is 10. The Kier molecular flexibility index (Phi) is 11.0. The van der Waals surface area contributed by atoms with Gasteiger partial charge in [-0.3, -0.25) is 19.3 Å². The van der Waals surface area contributed by atoms with E-state index < -0.39 is 30.1 Å². The highest BCUT2D eigenvalue weighted by Crippen LogP contribution is 2.21. The fourth-order valence-corrected chi connectivity index (χ4v) is 4.20. The van der Waals surface area contributed by atoms with Crippen molar-refractivity contribution in [3.8, 4) is 5.75 Å². The van der Waals surface area contributed by atoms with Gasteiger partial charge in [0.15, 0.2) is 0 Å². The third-order valence-corrected chi connectivity index (χ3v) is 6.63. The normalized spacial score (nSPS) is 23.5. The third-order valence-electron chi connectivity index (χ3n) is 6.63. The molecule has 0 aliphatic carbocycles. The summed E-state index contributed by atoms with van der Waals surface area (Å²) in [6.45, 7) is 11.9. The predicted molar refractivity (Wildman–Crippen MR) is 143 cm³/mol. The first-order valence-electron chi connectivity index (χ1n) is 12.9. The van der Waals surface area contributed by atoms with Crippen molar-refractivity contribution in [3.63, 3.8) is 0 Å². The molecule has 2 aliphatic rings. The van der Waals surface area contributed by atoms with Crippen molar-refractivity contribution in [1.29, 1.82) is 0 Å². The van der Waals surface area contributed by atoms with Gasteiger partial charge in [0, 0.05) is 6.20 Å². The Bertz CT molecular complexity index is 911. The van der Waals surface area contributed by atoms with Crippen molar-refractivity contribution >= 4 is 23.8 Å². The SMILES string of the molecule is CCC(C)[C@@H]1NC(=O)[C@@H](NC(=O)[C@H](CC(C)C)N(C)C)[C@@H](C(C)C)Oc2ccc(cc2)/C=C\NC1=O. The molecule has 200 valence electrons. The molecule has 2 aliphatic heterocycles. The van der Waals surface area contributed by atoms with E-state index in [1.807, 2.05) is 71.0 Å². The quantitative estimate of drug-likeness (QED) is 0.509. The number of hydrogen-bond donors (Lipinski definition) is 3. The molecule has 3 N–H and O–H groups in total. The Hall–Kier alpha value is -2.87. The highest BCUT2D eigenvalue weighted by molar-refractivity contribution is 5.94. The summed E-state index contributed by atoms with van der Waals surface area (Å²) in [6, 6.07) is 5.24. The van der Waals surface area contributed by atoms with Crippen LogP contribution in [0.4, 0.5) is 0 Å². The van der Waals surface area contributed by atoms with Gasteiger partial charge in [0.1, 0.15) is 23.9 Å². The number of carbonyl (C=O) groups is 3. The summed E-state index contributed by atoms with van der Waals surface area (Å²) in [7, 11) is 3.71. The number of hydrogen-bond acceptors (Lipinski definition) is 5. The topological polar surface area (TPSA) is 99.8 Å². The van der Waals surface area contributed by atoms with E-state index in [1.54, 1.807) is 12.3 Å². The van der Waals surface area contributed by atoms with Crippen LogP contribution in [0.1, 0.15) is 59.9 Å². The third kappa shape index (κ3) is 8.08. The second-order valence-electron chi connectivity index (χ2n) is 10.7. The number of carbonyl (C=O) groups excluding carboxylic acids is 3. The Labute approximate surface area is 216 Å². The zero-order valence-electron chi connectivity index (χ0n) is 23.0. The van der Waals surface area contributed by atoms with E-state index in [1.165, 1.54) is 0 Å². The lowest BCUT2D eigenvalue weighted by Gasteiger charge is -2.34. The van der Waals surface area contributed by atoms with Crippen LogP contribution in [0.3, 0.4) is 0 Å². The van der Waals surface area contributed by atoms with Crippen LogP contribution < -0.4 is 20.7 Å². The number of rotatable bonds is 8. The average molecular weight is 501 g/mol. The van der Waals surface area contributed by atoms with Crippen molar-refractivity contribution in [2.24, 2.45) is 17.8 Å². The molecule has 2 bridgehead atoms. The number of nitrogens with one attached hydrogen (secondary N) is 3. The number of amides is 3. The van der Waals surface area contributed by atoms with Crippen LogP contribution in [0.15, 0.2) is 30.5 Å². The van der Waals surface area contributed by atoms with Gasteiger partial charge in [-0.1, -0.05) is 60.1 Å². The maximum absolute atomic E-state index is 13.8. The van der Waals surface area contributed by atoms with Crippen LogP contribution in [-0.4, -0.2) is 60.9 Å². The Morgan fingerprint density at radius 2 is 1.69 bits per heavy atom. The van der Waals surface area contributed by atoms with Crippen molar-refractivity contribution < 1.29 is 19.1 Å². The van der Waals surface area contributed by atoms with Gasteiger partial charge in [-0.2, -0.15) is 0 Å². The summed E-state index contributed by atoms with van der Waals surface area (Å²) in [5.74, 6) is -0.312. The minimum Gasteiger partial charge on any atom is -0.487 e. The molecule has 36 heavy (non-hydrogen) atoms. The Morgan fingerprint density at radius 3 is 2.22 bits per heavy atom. The van der Waals surface area contributed by atoms with Crippen LogP contribution in [0.2, 0.25) is 0 Å². The summed E-state index contributed by atoms with van der Waals surface area (Å²) in [4.78, 5) is 42.1. The molecular weight excluding hydrogens is 456 g/mol. The van der Waals surface area contributed by atoms with Crippen LogP contribution in [0.5, 0.6) is 5.75 Å². The highest BCUT2D eigenvalue weighted by atomic mass is 16.5. The molecule has 0 spiro atoms. The van der Waals surface area contributed by atoms with Gasteiger partial charge in [-0.25, -0.2) is 0 Å². The first-order valence-corrected chi connectivity index (χ1v) is 12.9. The van der Waals surface area contributed by atoms with Gasteiger partial charge >= 0.3 is 0 Å². The zero-order chi connectivity index (χ0) is 27.0. The molecule has 0 saturated carbocycles. The molecule has 3 rings (SSSR count). The Morgan fingerprint density at radius 1 is 1.06 bits per heavy atom. The molecule has 1 unspecified atom stereocenters. The summed E-state index contributed by atoms with van der Waals surface area (Å²) in [5, 5.41) is 8.70. The smallest absolute Gasteiger partial charge is 0.247 e. The monoisotopic (exact) mass is 500 g/mol. The standard InChI is InChI=1S/C28H44N4O4/c1-9-19(6)23-27(34)29-15-14-20-10-12-21(13-11-20)36-25(18(4)5)24(28(35)30-23)31-26(33)22(32(7)8)16-17(2)3/h10-15,17-19,22-25H,9,16H2,1-8H3,(H,29,34)(H,30,35)(H,31,33)/b15-14-/t19?,22-,23-,24-,25+/m0/s1. The second-order valence-corrected chi connectivity index (χ2v) is 10.7. The second kappa shape index (κ2) is 13.4. The molecule has 1 aromatic carbocycles. The van der Waals surface area contributed by atoms with E-state index in [0.717, 1.165) is 5.56 Å². The number of nitrogens with zero attached hydrogens (tertiary/aromatic N) is 1. The van der Waals surface area contributed by atoms with E-state index >= 15 is 0 Å². The number of benzene rings is 1. The number of likely N-dealkylation sites (N-methyl/N-ethyl adjacent to an activating group) is 1. The minimum atomic E-state index is -0.996. The highest BCUT2D eigenvalue weighted by Gasteiger charge is 2.38. The van der Waals surface area contributed by atoms with Gasteiger partial charge in [-0.15, -0.1) is 0 Å². The van der Waals surface area contributed by atoms with Gasteiger partial charge in [0.05, 0.1) is 6.04 Å². The summed E-state index contributed by atoms with van der Waals surface area (Å²) >= 11 is 0. The van der Waals surface area contributed by atoms with E-state index in [2.05, 4.69) is 29.8 Å². The molecule has 0 aromatic heterocycles. The van der Waals surface area contributed by atoms with Crippen molar-refractivity contribution in [3.05, 3.63) is 36.0 Å². The minimum absolute atomic E-state index is 0.104. The summed E-state index contributed by atoms with van der Waals surface area (Å²) < 4.78 is 6.31. The molecule has 1 aromatic rings. The van der Waals surface area contributed by atoms with Gasteiger partial charge in [0.2, 0.25) is 17.7 Å². The molecule has 3 amide bonds.